The highest BCUT2D eigenvalue weighted by Crippen LogP contribution is 2.29. The first-order valence-electron chi connectivity index (χ1n) is 13.0. The Balaban J connectivity index is 2.06. The van der Waals surface area contributed by atoms with E-state index in [2.05, 4.69) is 5.32 Å². The maximum absolute atomic E-state index is 14.0. The van der Waals surface area contributed by atoms with Crippen LogP contribution in [0.15, 0.2) is 65.6 Å². The minimum absolute atomic E-state index is 0.0295. The zero-order chi connectivity index (χ0) is 29.6. The van der Waals surface area contributed by atoms with Crippen molar-refractivity contribution in [2.24, 2.45) is 0 Å². The number of carbonyl (C=O) groups is 2. The van der Waals surface area contributed by atoms with E-state index in [1.54, 1.807) is 56.3 Å². The molecular weight excluding hydrogens is 569 g/mol. The number of nitrogens with one attached hydrogen (secondary N) is 1. The molecule has 0 fully saturated rings. The average molecular weight is 605 g/mol. The Morgan fingerprint density at radius 2 is 1.55 bits per heavy atom. The highest BCUT2D eigenvalue weighted by Gasteiger charge is 2.33. The third-order valence-electron chi connectivity index (χ3n) is 6.56. The van der Waals surface area contributed by atoms with Crippen molar-refractivity contribution in [3.63, 3.8) is 0 Å². The highest BCUT2D eigenvalue weighted by molar-refractivity contribution is 7.92. The molecule has 2 amide bonds. The van der Waals surface area contributed by atoms with Crippen molar-refractivity contribution in [1.29, 1.82) is 0 Å². The van der Waals surface area contributed by atoms with Gasteiger partial charge < -0.3 is 10.2 Å². The van der Waals surface area contributed by atoms with E-state index in [-0.39, 0.29) is 17.3 Å². The first-order valence-corrected chi connectivity index (χ1v) is 15.2. The molecular formula is C30H35Cl2N3O4S. The Morgan fingerprint density at radius 3 is 2.15 bits per heavy atom. The number of nitrogens with zero attached hydrogens (tertiary/aromatic N) is 2. The topological polar surface area (TPSA) is 86.8 Å². The van der Waals surface area contributed by atoms with Crippen molar-refractivity contribution < 1.29 is 18.0 Å². The minimum Gasteiger partial charge on any atom is -0.354 e. The van der Waals surface area contributed by atoms with Crippen LogP contribution < -0.4 is 9.62 Å². The van der Waals surface area contributed by atoms with Crippen molar-refractivity contribution >= 4 is 50.7 Å². The highest BCUT2D eigenvalue weighted by atomic mass is 35.5. The predicted octanol–water partition coefficient (Wildman–Crippen LogP) is 6.06. The fourth-order valence-corrected chi connectivity index (χ4v) is 6.05. The number of amides is 2. The van der Waals surface area contributed by atoms with Crippen molar-refractivity contribution in [3.05, 3.63) is 93.0 Å². The van der Waals surface area contributed by atoms with Crippen LogP contribution in [0.4, 0.5) is 5.69 Å². The molecule has 0 aliphatic carbocycles. The van der Waals surface area contributed by atoms with E-state index in [9.17, 15) is 18.0 Å². The van der Waals surface area contributed by atoms with Crippen LogP contribution in [0.3, 0.4) is 0 Å². The lowest BCUT2D eigenvalue weighted by Gasteiger charge is -2.32. The Bertz CT molecular complexity index is 1480. The number of sulfonamides is 1. The van der Waals surface area contributed by atoms with Crippen molar-refractivity contribution in [3.8, 4) is 0 Å². The fraction of sp³-hybridized carbons (Fsp3) is 0.333. The van der Waals surface area contributed by atoms with Gasteiger partial charge >= 0.3 is 0 Å². The molecule has 0 unspecified atom stereocenters. The largest absolute Gasteiger partial charge is 0.354 e. The number of hydrogen-bond donors (Lipinski definition) is 1. The third-order valence-corrected chi connectivity index (χ3v) is 9.08. The van der Waals surface area contributed by atoms with Gasteiger partial charge in [0.1, 0.15) is 12.6 Å². The van der Waals surface area contributed by atoms with Gasteiger partial charge in [0.15, 0.2) is 0 Å². The summed E-state index contributed by atoms with van der Waals surface area (Å²) in [5.74, 6) is -0.879. The van der Waals surface area contributed by atoms with E-state index >= 15 is 0 Å². The van der Waals surface area contributed by atoms with Gasteiger partial charge in [-0.25, -0.2) is 8.42 Å². The molecule has 10 heteroatoms. The summed E-state index contributed by atoms with van der Waals surface area (Å²) in [6.45, 7) is 9.11. The second-order valence-corrected chi connectivity index (χ2v) is 12.5. The lowest BCUT2D eigenvalue weighted by atomic mass is 10.1. The summed E-state index contributed by atoms with van der Waals surface area (Å²) in [6, 6.07) is 15.9. The van der Waals surface area contributed by atoms with E-state index in [4.69, 9.17) is 23.2 Å². The molecule has 1 N–H and O–H groups in total. The first kappa shape index (κ1) is 31.5. The van der Waals surface area contributed by atoms with Crippen LogP contribution in [0.25, 0.3) is 0 Å². The molecule has 0 bridgehead atoms. The van der Waals surface area contributed by atoms with E-state index in [0.29, 0.717) is 33.4 Å². The predicted molar refractivity (Wildman–Crippen MR) is 161 cm³/mol. The van der Waals surface area contributed by atoms with Gasteiger partial charge in [0.05, 0.1) is 20.6 Å². The molecule has 0 aliphatic rings. The summed E-state index contributed by atoms with van der Waals surface area (Å²) in [5, 5.41) is 3.50. The molecule has 0 saturated heterocycles. The van der Waals surface area contributed by atoms with Crippen LogP contribution in [0.1, 0.15) is 42.5 Å². The third kappa shape index (κ3) is 7.56. The van der Waals surface area contributed by atoms with Crippen LogP contribution in [0.2, 0.25) is 10.0 Å². The summed E-state index contributed by atoms with van der Waals surface area (Å²) in [4.78, 5) is 28.4. The van der Waals surface area contributed by atoms with Crippen LogP contribution in [0.5, 0.6) is 0 Å². The zero-order valence-corrected chi connectivity index (χ0v) is 25.7. The normalized spacial score (nSPS) is 12.1. The molecule has 3 rings (SSSR count). The van der Waals surface area contributed by atoms with Gasteiger partial charge in [-0.15, -0.1) is 0 Å². The average Bonchev–Trinajstić information content (AvgIpc) is 2.91. The fourth-order valence-electron chi connectivity index (χ4n) is 4.25. The number of anilines is 1. The van der Waals surface area contributed by atoms with E-state index in [1.807, 2.05) is 26.8 Å². The number of hydrogen-bond acceptors (Lipinski definition) is 4. The Morgan fingerprint density at radius 1 is 0.900 bits per heavy atom. The molecule has 0 spiro atoms. The van der Waals surface area contributed by atoms with E-state index in [0.717, 1.165) is 21.9 Å². The van der Waals surface area contributed by atoms with Gasteiger partial charge in [-0.05, 0) is 75.6 Å². The van der Waals surface area contributed by atoms with Crippen molar-refractivity contribution in [2.45, 2.75) is 58.5 Å². The maximum Gasteiger partial charge on any atom is 0.264 e. The Labute approximate surface area is 247 Å². The minimum atomic E-state index is -4.13. The summed E-state index contributed by atoms with van der Waals surface area (Å²) in [7, 11) is -4.13. The molecule has 3 aromatic carbocycles. The molecule has 40 heavy (non-hydrogen) atoms. The van der Waals surface area contributed by atoms with Crippen LogP contribution in [-0.4, -0.2) is 44.3 Å². The number of halogens is 2. The molecule has 0 saturated carbocycles. The summed E-state index contributed by atoms with van der Waals surface area (Å²) in [5.41, 5.74) is 3.61. The summed E-state index contributed by atoms with van der Waals surface area (Å²) >= 11 is 12.3. The van der Waals surface area contributed by atoms with E-state index < -0.39 is 28.5 Å². The first-order chi connectivity index (χ1) is 18.8. The van der Waals surface area contributed by atoms with Gasteiger partial charge in [0.2, 0.25) is 11.8 Å². The zero-order valence-electron chi connectivity index (χ0n) is 23.4. The molecule has 0 aromatic heterocycles. The number of benzene rings is 3. The summed E-state index contributed by atoms with van der Waals surface area (Å²) < 4.78 is 29.1. The van der Waals surface area contributed by atoms with Crippen molar-refractivity contribution in [1.82, 2.24) is 10.2 Å². The molecule has 3 aromatic rings. The Hall–Kier alpha value is -3.07. The second kappa shape index (κ2) is 13.5. The second-order valence-electron chi connectivity index (χ2n) is 9.85. The Kier molecular flexibility index (Phi) is 10.6. The monoisotopic (exact) mass is 603 g/mol. The van der Waals surface area contributed by atoms with E-state index in [1.165, 1.54) is 17.0 Å². The van der Waals surface area contributed by atoms with Crippen LogP contribution >= 0.6 is 23.2 Å². The number of carbonyl (C=O) groups excluding carboxylic acids is 2. The molecule has 7 nitrogen and oxygen atoms in total. The smallest absolute Gasteiger partial charge is 0.264 e. The van der Waals surface area contributed by atoms with Gasteiger partial charge in [-0.3, -0.25) is 13.9 Å². The van der Waals surface area contributed by atoms with Gasteiger partial charge in [-0.1, -0.05) is 71.6 Å². The maximum atomic E-state index is 14.0. The standard InChI is InChI=1S/C30H35Cl2N3O4S/c1-6-15-33-30(37)23(5)34(18-24-10-13-26(31)27(32)17-24)29(36)19-35(28-14-9-21(3)16-22(28)4)40(38,39)25-11-7-20(2)8-12-25/h7-14,16-17,23H,6,15,18-19H2,1-5H3,(H,33,37)/t23-/m0/s1. The lowest BCUT2D eigenvalue weighted by molar-refractivity contribution is -0.139. The summed E-state index contributed by atoms with van der Waals surface area (Å²) in [6.07, 6.45) is 0.731. The van der Waals surface area contributed by atoms with Crippen LogP contribution in [-0.2, 0) is 26.2 Å². The van der Waals surface area contributed by atoms with Crippen LogP contribution in [0, 0.1) is 20.8 Å². The molecule has 0 heterocycles. The number of aryl methyl sites for hydroxylation is 3. The SMILES string of the molecule is CCCNC(=O)[C@H](C)N(Cc1ccc(Cl)c(Cl)c1)C(=O)CN(c1ccc(C)cc1C)S(=O)(=O)c1ccc(C)cc1. The lowest BCUT2D eigenvalue weighted by Crippen LogP contribution is -2.51. The van der Waals surface area contributed by atoms with Crippen molar-refractivity contribution in [2.75, 3.05) is 17.4 Å². The number of rotatable bonds is 11. The molecule has 214 valence electrons. The quantitative estimate of drug-likeness (QED) is 0.289. The molecule has 0 radical (unpaired) electrons. The molecule has 1 atom stereocenters. The van der Waals surface area contributed by atoms with Gasteiger partial charge in [0, 0.05) is 13.1 Å². The van der Waals surface area contributed by atoms with Gasteiger partial charge in [0.25, 0.3) is 10.0 Å². The molecule has 0 aliphatic heterocycles. The van der Waals surface area contributed by atoms with Gasteiger partial charge in [-0.2, -0.15) is 0 Å².